The number of aryl methyl sites for hydroxylation is 2. The summed E-state index contributed by atoms with van der Waals surface area (Å²) >= 11 is 0. The number of hydrogen-bond acceptors (Lipinski definition) is 4. The molecule has 32 heavy (non-hydrogen) atoms. The van der Waals surface area contributed by atoms with Gasteiger partial charge in [0.15, 0.2) is 0 Å². The summed E-state index contributed by atoms with van der Waals surface area (Å²) in [5, 5.41) is 17.9. The van der Waals surface area contributed by atoms with Crippen molar-refractivity contribution >= 4 is 12.0 Å². The third-order valence-corrected chi connectivity index (χ3v) is 5.94. The molecule has 1 N–H and O–H groups in total. The molecule has 166 valence electrons. The van der Waals surface area contributed by atoms with Crippen LogP contribution in [0.5, 0.6) is 0 Å². The first-order chi connectivity index (χ1) is 15.5. The minimum Gasteiger partial charge on any atom is -0.465 e. The Hall–Kier alpha value is -3.68. The predicted octanol–water partition coefficient (Wildman–Crippen LogP) is 3.40. The first kappa shape index (κ1) is 21.5. The standard InChI is InChI=1S/C24H27N5O3/c1-18-7-10-22(29-25-12-13-26-29)21(17-18)23(30)28-16-15-27(24(31)32)14-11-20(28)9-8-19-5-3-2-4-6-19/h2-7,10,12-13,17,20H,8-9,11,14-16H2,1H3,(H,31,32)/t20-/m1/s1. The maximum atomic E-state index is 13.8. The Morgan fingerprint density at radius 2 is 1.78 bits per heavy atom. The molecule has 1 atom stereocenters. The van der Waals surface area contributed by atoms with E-state index in [1.165, 1.54) is 15.3 Å². The Morgan fingerprint density at radius 1 is 1.03 bits per heavy atom. The molecule has 2 heterocycles. The third-order valence-electron chi connectivity index (χ3n) is 5.94. The second-order valence-corrected chi connectivity index (χ2v) is 8.07. The van der Waals surface area contributed by atoms with E-state index in [0.29, 0.717) is 37.3 Å². The van der Waals surface area contributed by atoms with Gasteiger partial charge >= 0.3 is 6.09 Å². The van der Waals surface area contributed by atoms with Crippen molar-refractivity contribution in [2.24, 2.45) is 0 Å². The molecule has 1 aliphatic heterocycles. The lowest BCUT2D eigenvalue weighted by molar-refractivity contribution is 0.0676. The van der Waals surface area contributed by atoms with Gasteiger partial charge in [-0.1, -0.05) is 42.0 Å². The van der Waals surface area contributed by atoms with Gasteiger partial charge in [-0.15, -0.1) is 0 Å². The third kappa shape index (κ3) is 4.80. The highest BCUT2D eigenvalue weighted by molar-refractivity contribution is 5.98. The summed E-state index contributed by atoms with van der Waals surface area (Å²) in [6.45, 7) is 3.01. The molecule has 0 saturated carbocycles. The van der Waals surface area contributed by atoms with Crippen molar-refractivity contribution < 1.29 is 14.7 Å². The van der Waals surface area contributed by atoms with Gasteiger partial charge in [-0.25, -0.2) is 4.79 Å². The van der Waals surface area contributed by atoms with E-state index in [-0.39, 0.29) is 11.9 Å². The largest absolute Gasteiger partial charge is 0.465 e. The van der Waals surface area contributed by atoms with Crippen molar-refractivity contribution in [2.75, 3.05) is 19.6 Å². The van der Waals surface area contributed by atoms with Crippen LogP contribution in [0.4, 0.5) is 4.79 Å². The zero-order valence-corrected chi connectivity index (χ0v) is 18.1. The van der Waals surface area contributed by atoms with Gasteiger partial charge in [-0.3, -0.25) is 4.79 Å². The zero-order chi connectivity index (χ0) is 22.5. The smallest absolute Gasteiger partial charge is 0.407 e. The van der Waals surface area contributed by atoms with Gasteiger partial charge in [0.25, 0.3) is 5.91 Å². The summed E-state index contributed by atoms with van der Waals surface area (Å²) in [4.78, 5) is 30.1. The van der Waals surface area contributed by atoms with Crippen LogP contribution in [0.2, 0.25) is 0 Å². The molecular formula is C24H27N5O3. The predicted molar refractivity (Wildman–Crippen MR) is 120 cm³/mol. The van der Waals surface area contributed by atoms with Crippen LogP contribution in [-0.4, -0.2) is 67.6 Å². The quantitative estimate of drug-likeness (QED) is 0.666. The van der Waals surface area contributed by atoms with Gasteiger partial charge in [0.2, 0.25) is 0 Å². The van der Waals surface area contributed by atoms with E-state index in [0.717, 1.165) is 18.4 Å². The molecule has 8 nitrogen and oxygen atoms in total. The summed E-state index contributed by atoms with van der Waals surface area (Å²) in [6, 6.07) is 15.7. The van der Waals surface area contributed by atoms with Crippen LogP contribution >= 0.6 is 0 Å². The average Bonchev–Trinajstić information content (AvgIpc) is 3.24. The lowest BCUT2D eigenvalue weighted by Crippen LogP contribution is -2.42. The maximum absolute atomic E-state index is 13.8. The van der Waals surface area contributed by atoms with Crippen LogP contribution < -0.4 is 0 Å². The highest BCUT2D eigenvalue weighted by Crippen LogP contribution is 2.23. The molecule has 1 fully saturated rings. The Kier molecular flexibility index (Phi) is 6.49. The van der Waals surface area contributed by atoms with E-state index < -0.39 is 6.09 Å². The SMILES string of the molecule is Cc1ccc(-n2nccn2)c(C(=O)N2CCN(C(=O)O)CC[C@H]2CCc2ccccc2)c1. The van der Waals surface area contributed by atoms with E-state index >= 15 is 0 Å². The number of carboxylic acid groups (broad SMARTS) is 1. The molecule has 2 aromatic carbocycles. The van der Waals surface area contributed by atoms with E-state index in [4.69, 9.17) is 0 Å². The maximum Gasteiger partial charge on any atom is 0.407 e. The summed E-state index contributed by atoms with van der Waals surface area (Å²) < 4.78 is 0. The molecule has 0 unspecified atom stereocenters. The van der Waals surface area contributed by atoms with Crippen molar-refractivity contribution in [1.82, 2.24) is 24.8 Å². The van der Waals surface area contributed by atoms with Crippen LogP contribution in [-0.2, 0) is 6.42 Å². The van der Waals surface area contributed by atoms with Crippen LogP contribution in [0.3, 0.4) is 0 Å². The van der Waals surface area contributed by atoms with Crippen LogP contribution in [0.15, 0.2) is 60.9 Å². The number of carbonyl (C=O) groups is 2. The van der Waals surface area contributed by atoms with Crippen molar-refractivity contribution in [2.45, 2.75) is 32.2 Å². The minimum atomic E-state index is -0.946. The highest BCUT2D eigenvalue weighted by atomic mass is 16.4. The average molecular weight is 434 g/mol. The monoisotopic (exact) mass is 433 g/mol. The lowest BCUT2D eigenvalue weighted by Gasteiger charge is -2.30. The fourth-order valence-electron chi connectivity index (χ4n) is 4.21. The highest BCUT2D eigenvalue weighted by Gasteiger charge is 2.31. The van der Waals surface area contributed by atoms with Crippen molar-refractivity contribution in [3.05, 3.63) is 77.6 Å². The van der Waals surface area contributed by atoms with Crippen molar-refractivity contribution in [3.8, 4) is 5.69 Å². The first-order valence-electron chi connectivity index (χ1n) is 10.8. The number of aromatic nitrogens is 3. The molecule has 1 aliphatic rings. The molecule has 8 heteroatoms. The van der Waals surface area contributed by atoms with E-state index in [1.807, 2.05) is 48.2 Å². The second kappa shape index (κ2) is 9.64. The number of amides is 2. The van der Waals surface area contributed by atoms with Crippen LogP contribution in [0.25, 0.3) is 5.69 Å². The summed E-state index contributed by atoms with van der Waals surface area (Å²) in [6.07, 6.45) is 4.40. The van der Waals surface area contributed by atoms with Crippen molar-refractivity contribution in [3.63, 3.8) is 0 Å². The Bertz CT molecular complexity index is 1070. The van der Waals surface area contributed by atoms with Crippen LogP contribution in [0, 0.1) is 6.92 Å². The first-order valence-corrected chi connectivity index (χ1v) is 10.8. The molecule has 2 amide bonds. The molecule has 3 aromatic rings. The Morgan fingerprint density at radius 3 is 2.50 bits per heavy atom. The number of carbonyl (C=O) groups excluding carboxylic acids is 1. The summed E-state index contributed by atoms with van der Waals surface area (Å²) in [5.74, 6) is -0.119. The second-order valence-electron chi connectivity index (χ2n) is 8.07. The zero-order valence-electron chi connectivity index (χ0n) is 18.1. The summed E-state index contributed by atoms with van der Waals surface area (Å²) in [7, 11) is 0. The van der Waals surface area contributed by atoms with Gasteiger partial charge < -0.3 is 14.9 Å². The van der Waals surface area contributed by atoms with E-state index in [1.54, 1.807) is 12.4 Å². The van der Waals surface area contributed by atoms with Gasteiger partial charge in [0.1, 0.15) is 0 Å². The Balaban J connectivity index is 1.64. The number of hydrogen-bond donors (Lipinski definition) is 1. The van der Waals surface area contributed by atoms with Crippen LogP contribution in [0.1, 0.15) is 34.3 Å². The minimum absolute atomic E-state index is 0.0639. The molecule has 4 rings (SSSR count). The van der Waals surface area contributed by atoms with Gasteiger partial charge in [0.05, 0.1) is 23.6 Å². The van der Waals surface area contributed by atoms with E-state index in [2.05, 4.69) is 22.3 Å². The molecular weight excluding hydrogens is 406 g/mol. The fourth-order valence-corrected chi connectivity index (χ4v) is 4.21. The number of benzene rings is 2. The Labute approximate surface area is 187 Å². The molecule has 1 saturated heterocycles. The fraction of sp³-hybridized carbons (Fsp3) is 0.333. The molecule has 1 aromatic heterocycles. The molecule has 0 radical (unpaired) electrons. The normalized spacial score (nSPS) is 16.6. The topological polar surface area (TPSA) is 91.6 Å². The van der Waals surface area contributed by atoms with Gasteiger partial charge in [0, 0.05) is 25.7 Å². The lowest BCUT2D eigenvalue weighted by atomic mass is 10.00. The van der Waals surface area contributed by atoms with E-state index in [9.17, 15) is 14.7 Å². The number of nitrogens with zero attached hydrogens (tertiary/aromatic N) is 5. The van der Waals surface area contributed by atoms with Crippen molar-refractivity contribution in [1.29, 1.82) is 0 Å². The molecule has 0 bridgehead atoms. The molecule has 0 aliphatic carbocycles. The molecule has 0 spiro atoms. The summed E-state index contributed by atoms with van der Waals surface area (Å²) in [5.41, 5.74) is 3.31. The van der Waals surface area contributed by atoms with Gasteiger partial charge in [-0.2, -0.15) is 15.0 Å². The number of rotatable bonds is 5. The van der Waals surface area contributed by atoms with Gasteiger partial charge in [-0.05, 0) is 43.9 Å².